The van der Waals surface area contributed by atoms with Crippen LogP contribution in [0.4, 0.5) is 4.39 Å². The molecule has 0 bridgehead atoms. The number of hydrogen-bond donors (Lipinski definition) is 0. The molecule has 1 unspecified atom stereocenters. The van der Waals surface area contributed by atoms with Gasteiger partial charge in [0.15, 0.2) is 0 Å². The third-order valence-corrected chi connectivity index (χ3v) is 2.84. The van der Waals surface area contributed by atoms with Crippen LogP contribution in [0.5, 0.6) is 0 Å². The molecule has 0 N–H and O–H groups in total. The second-order valence-electron chi connectivity index (χ2n) is 4.00. The second kappa shape index (κ2) is 3.52. The number of rotatable bonds is 1. The first-order chi connectivity index (χ1) is 6.66. The van der Waals surface area contributed by atoms with Crippen LogP contribution in [0.1, 0.15) is 36.3 Å². The average molecular weight is 192 g/mol. The van der Waals surface area contributed by atoms with Crippen molar-refractivity contribution in [3.8, 4) is 0 Å². The zero-order chi connectivity index (χ0) is 10.1. The molecule has 14 heavy (non-hydrogen) atoms. The Balaban J connectivity index is 2.31. The van der Waals surface area contributed by atoms with E-state index >= 15 is 0 Å². The van der Waals surface area contributed by atoms with Crippen LogP contribution in [0.3, 0.4) is 0 Å². The lowest BCUT2D eigenvalue weighted by atomic mass is 9.96. The molecule has 74 valence electrons. The second-order valence-corrected chi connectivity index (χ2v) is 4.00. The molecular weight excluding hydrogens is 179 g/mol. The molecule has 1 aliphatic rings. The van der Waals surface area contributed by atoms with Gasteiger partial charge in [0.25, 0.3) is 0 Å². The molecule has 0 spiro atoms. The van der Waals surface area contributed by atoms with E-state index in [0.717, 1.165) is 17.5 Å². The van der Waals surface area contributed by atoms with E-state index in [1.165, 1.54) is 6.07 Å². The Bertz CT molecular complexity index is 371. The number of Topliss-reactive ketones (excluding diaryl/α,β-unsaturated/α-hetero) is 1. The van der Waals surface area contributed by atoms with Gasteiger partial charge in [0.2, 0.25) is 0 Å². The van der Waals surface area contributed by atoms with Gasteiger partial charge in [-0.1, -0.05) is 17.7 Å². The van der Waals surface area contributed by atoms with Gasteiger partial charge < -0.3 is 0 Å². The lowest BCUT2D eigenvalue weighted by molar-refractivity contribution is -0.117. The van der Waals surface area contributed by atoms with Gasteiger partial charge >= 0.3 is 0 Å². The molecule has 1 fully saturated rings. The SMILES string of the molecule is Cc1ccc(F)c(C2CCC(=O)C2)c1. The van der Waals surface area contributed by atoms with E-state index in [0.29, 0.717) is 12.8 Å². The summed E-state index contributed by atoms with van der Waals surface area (Å²) >= 11 is 0. The van der Waals surface area contributed by atoms with Gasteiger partial charge in [-0.3, -0.25) is 4.79 Å². The highest BCUT2D eigenvalue weighted by molar-refractivity contribution is 5.81. The van der Waals surface area contributed by atoms with E-state index in [9.17, 15) is 9.18 Å². The Hall–Kier alpha value is -1.18. The topological polar surface area (TPSA) is 17.1 Å². The standard InChI is InChI=1S/C12H13FO/c1-8-2-5-12(13)11(6-8)9-3-4-10(14)7-9/h2,5-6,9H,3-4,7H2,1H3. The van der Waals surface area contributed by atoms with Crippen LogP contribution in [-0.4, -0.2) is 5.78 Å². The summed E-state index contributed by atoms with van der Waals surface area (Å²) in [4.78, 5) is 11.1. The summed E-state index contributed by atoms with van der Waals surface area (Å²) in [6.07, 6.45) is 1.93. The average Bonchev–Trinajstić information content (AvgIpc) is 2.56. The number of carbonyl (C=O) groups is 1. The van der Waals surface area contributed by atoms with Crippen molar-refractivity contribution in [3.05, 3.63) is 35.1 Å². The highest BCUT2D eigenvalue weighted by Gasteiger charge is 2.25. The first kappa shape index (κ1) is 9.38. The molecule has 2 heteroatoms. The van der Waals surface area contributed by atoms with Crippen LogP contribution >= 0.6 is 0 Å². The Morgan fingerprint density at radius 2 is 2.21 bits per heavy atom. The third kappa shape index (κ3) is 1.69. The van der Waals surface area contributed by atoms with E-state index in [2.05, 4.69) is 0 Å². The number of ketones is 1. The van der Waals surface area contributed by atoms with Crippen LogP contribution in [0.2, 0.25) is 0 Å². The maximum Gasteiger partial charge on any atom is 0.133 e. The van der Waals surface area contributed by atoms with Crippen molar-refractivity contribution in [2.45, 2.75) is 32.1 Å². The van der Waals surface area contributed by atoms with Crippen molar-refractivity contribution in [1.82, 2.24) is 0 Å². The summed E-state index contributed by atoms with van der Waals surface area (Å²) in [6, 6.07) is 5.11. The molecule has 1 atom stereocenters. The van der Waals surface area contributed by atoms with E-state index in [1.807, 2.05) is 13.0 Å². The van der Waals surface area contributed by atoms with Crippen molar-refractivity contribution in [2.24, 2.45) is 0 Å². The Morgan fingerprint density at radius 1 is 1.43 bits per heavy atom. The molecule has 0 aliphatic heterocycles. The maximum atomic E-state index is 13.4. The molecular formula is C12H13FO. The minimum atomic E-state index is -0.171. The van der Waals surface area contributed by atoms with E-state index in [1.54, 1.807) is 6.07 Å². The third-order valence-electron chi connectivity index (χ3n) is 2.84. The first-order valence-electron chi connectivity index (χ1n) is 4.94. The van der Waals surface area contributed by atoms with E-state index in [-0.39, 0.29) is 17.5 Å². The lowest BCUT2D eigenvalue weighted by Crippen LogP contribution is -1.98. The fourth-order valence-electron chi connectivity index (χ4n) is 2.06. The molecule has 1 aromatic rings. The maximum absolute atomic E-state index is 13.4. The van der Waals surface area contributed by atoms with E-state index in [4.69, 9.17) is 0 Å². The molecule has 0 saturated heterocycles. The van der Waals surface area contributed by atoms with Crippen LogP contribution in [0, 0.1) is 12.7 Å². The first-order valence-corrected chi connectivity index (χ1v) is 4.94. The van der Waals surface area contributed by atoms with Crippen molar-refractivity contribution < 1.29 is 9.18 Å². The largest absolute Gasteiger partial charge is 0.300 e. The minimum absolute atomic E-state index is 0.113. The van der Waals surface area contributed by atoms with Gasteiger partial charge in [-0.05, 0) is 30.9 Å². The molecule has 0 amide bonds. The highest BCUT2D eigenvalue weighted by Crippen LogP contribution is 2.33. The summed E-state index contributed by atoms with van der Waals surface area (Å²) in [5, 5.41) is 0. The van der Waals surface area contributed by atoms with Crippen LogP contribution in [0.15, 0.2) is 18.2 Å². The molecule has 1 aliphatic carbocycles. The zero-order valence-electron chi connectivity index (χ0n) is 8.22. The van der Waals surface area contributed by atoms with Crippen molar-refractivity contribution in [3.63, 3.8) is 0 Å². The van der Waals surface area contributed by atoms with Gasteiger partial charge in [0, 0.05) is 12.8 Å². The fourth-order valence-corrected chi connectivity index (χ4v) is 2.06. The summed E-state index contributed by atoms with van der Waals surface area (Å²) in [6.45, 7) is 1.94. The van der Waals surface area contributed by atoms with Crippen molar-refractivity contribution >= 4 is 5.78 Å². The Labute approximate surface area is 82.9 Å². The number of hydrogen-bond acceptors (Lipinski definition) is 1. The summed E-state index contributed by atoms with van der Waals surface area (Å²) in [5.74, 6) is 0.202. The highest BCUT2D eigenvalue weighted by atomic mass is 19.1. The molecule has 0 aromatic heterocycles. The number of halogens is 1. The van der Waals surface area contributed by atoms with E-state index < -0.39 is 0 Å². The van der Waals surface area contributed by atoms with Gasteiger partial charge in [-0.15, -0.1) is 0 Å². The predicted octanol–water partition coefficient (Wildman–Crippen LogP) is 2.97. The summed E-state index contributed by atoms with van der Waals surface area (Å²) in [7, 11) is 0. The predicted molar refractivity (Wildman–Crippen MR) is 52.7 cm³/mol. The molecule has 0 heterocycles. The van der Waals surface area contributed by atoms with Crippen LogP contribution < -0.4 is 0 Å². The van der Waals surface area contributed by atoms with Gasteiger partial charge in [-0.25, -0.2) is 4.39 Å². The molecule has 1 saturated carbocycles. The number of benzene rings is 1. The Kier molecular flexibility index (Phi) is 2.36. The molecule has 1 nitrogen and oxygen atoms in total. The monoisotopic (exact) mass is 192 g/mol. The van der Waals surface area contributed by atoms with Crippen molar-refractivity contribution in [2.75, 3.05) is 0 Å². The summed E-state index contributed by atoms with van der Waals surface area (Å²) < 4.78 is 13.4. The smallest absolute Gasteiger partial charge is 0.133 e. The van der Waals surface area contributed by atoms with Crippen LogP contribution in [-0.2, 0) is 4.79 Å². The minimum Gasteiger partial charge on any atom is -0.300 e. The quantitative estimate of drug-likeness (QED) is 0.668. The summed E-state index contributed by atoms with van der Waals surface area (Å²) in [5.41, 5.74) is 1.77. The lowest BCUT2D eigenvalue weighted by Gasteiger charge is -2.10. The Morgan fingerprint density at radius 3 is 2.86 bits per heavy atom. The van der Waals surface area contributed by atoms with Gasteiger partial charge in [-0.2, -0.15) is 0 Å². The fraction of sp³-hybridized carbons (Fsp3) is 0.417. The van der Waals surface area contributed by atoms with Crippen molar-refractivity contribution in [1.29, 1.82) is 0 Å². The van der Waals surface area contributed by atoms with Gasteiger partial charge in [0.05, 0.1) is 0 Å². The molecule has 1 aromatic carbocycles. The number of aryl methyl sites for hydroxylation is 1. The zero-order valence-corrected chi connectivity index (χ0v) is 8.22. The molecule has 2 rings (SSSR count). The van der Waals surface area contributed by atoms with Crippen LogP contribution in [0.25, 0.3) is 0 Å². The normalized spacial score (nSPS) is 21.6. The van der Waals surface area contributed by atoms with Gasteiger partial charge in [0.1, 0.15) is 11.6 Å². The molecule has 0 radical (unpaired) electrons. The number of carbonyl (C=O) groups excluding carboxylic acids is 1.